The fraction of sp³-hybridized carbons (Fsp3) is 0.200. The molecule has 0 aliphatic carbocycles. The Bertz CT molecular complexity index is 497. The van der Waals surface area contributed by atoms with Crippen LogP contribution in [0.25, 0.3) is 0 Å². The third-order valence-corrected chi connectivity index (χ3v) is 2.09. The van der Waals surface area contributed by atoms with Crippen LogP contribution in [-0.2, 0) is 6.54 Å². The van der Waals surface area contributed by atoms with Crippen molar-refractivity contribution in [2.75, 3.05) is 12.4 Å². The van der Waals surface area contributed by atoms with Crippen LogP contribution in [-0.4, -0.2) is 28.1 Å². The number of aromatic nitrogens is 3. The van der Waals surface area contributed by atoms with Gasteiger partial charge in [0.2, 0.25) is 6.39 Å². The van der Waals surface area contributed by atoms with Crippen LogP contribution < -0.4 is 10.6 Å². The number of rotatable bonds is 4. The van der Waals surface area contributed by atoms with Crippen molar-refractivity contribution in [2.24, 2.45) is 0 Å². The second-order valence-electron chi connectivity index (χ2n) is 3.21. The first-order valence-electron chi connectivity index (χ1n) is 4.97. The SMILES string of the molecule is CNc1cc(C(=O)NCc2ncon2)ccn1. The van der Waals surface area contributed by atoms with Crippen molar-refractivity contribution in [1.82, 2.24) is 20.4 Å². The monoisotopic (exact) mass is 233 g/mol. The smallest absolute Gasteiger partial charge is 0.251 e. The summed E-state index contributed by atoms with van der Waals surface area (Å²) in [5, 5.41) is 9.12. The third kappa shape index (κ3) is 2.77. The van der Waals surface area contributed by atoms with E-state index in [0.29, 0.717) is 17.2 Å². The predicted octanol–water partition coefficient (Wildman–Crippen LogP) is 0.436. The Balaban J connectivity index is 1.99. The van der Waals surface area contributed by atoms with Crippen LogP contribution in [0.3, 0.4) is 0 Å². The minimum Gasteiger partial charge on any atom is -0.373 e. The van der Waals surface area contributed by atoms with Crippen molar-refractivity contribution < 1.29 is 9.32 Å². The fourth-order valence-corrected chi connectivity index (χ4v) is 1.24. The first-order chi connectivity index (χ1) is 8.29. The van der Waals surface area contributed by atoms with Gasteiger partial charge in [0, 0.05) is 18.8 Å². The van der Waals surface area contributed by atoms with Gasteiger partial charge in [-0.3, -0.25) is 4.79 Å². The molecule has 2 rings (SSSR count). The number of nitrogens with zero attached hydrogens (tertiary/aromatic N) is 3. The van der Waals surface area contributed by atoms with Gasteiger partial charge in [-0.1, -0.05) is 5.16 Å². The quantitative estimate of drug-likeness (QED) is 0.795. The molecule has 2 aromatic rings. The molecule has 0 fully saturated rings. The lowest BCUT2D eigenvalue weighted by atomic mass is 10.2. The zero-order valence-electron chi connectivity index (χ0n) is 9.17. The standard InChI is InChI=1S/C10H11N5O2/c1-11-8-4-7(2-3-12-8)10(16)13-5-9-14-6-17-15-9/h2-4,6H,5H2,1H3,(H,11,12)(H,13,16). The molecule has 0 saturated carbocycles. The van der Waals surface area contributed by atoms with Crippen LogP contribution >= 0.6 is 0 Å². The Kier molecular flexibility index (Phi) is 3.29. The summed E-state index contributed by atoms with van der Waals surface area (Å²) in [5.41, 5.74) is 0.521. The van der Waals surface area contributed by atoms with Crippen LogP contribution in [0, 0.1) is 0 Å². The highest BCUT2D eigenvalue weighted by molar-refractivity contribution is 5.94. The van der Waals surface area contributed by atoms with Gasteiger partial charge in [-0.05, 0) is 12.1 Å². The Labute approximate surface area is 97.2 Å². The first-order valence-corrected chi connectivity index (χ1v) is 4.97. The van der Waals surface area contributed by atoms with Crippen molar-refractivity contribution in [3.63, 3.8) is 0 Å². The van der Waals surface area contributed by atoms with Gasteiger partial charge < -0.3 is 15.2 Å². The van der Waals surface area contributed by atoms with E-state index in [1.54, 1.807) is 25.4 Å². The minimum atomic E-state index is -0.214. The van der Waals surface area contributed by atoms with Gasteiger partial charge in [0.25, 0.3) is 5.91 Å². The molecule has 2 heterocycles. The van der Waals surface area contributed by atoms with Crippen molar-refractivity contribution in [1.29, 1.82) is 0 Å². The topological polar surface area (TPSA) is 92.9 Å². The summed E-state index contributed by atoms with van der Waals surface area (Å²) in [6.07, 6.45) is 2.78. The van der Waals surface area contributed by atoms with Crippen LogP contribution in [0.15, 0.2) is 29.2 Å². The lowest BCUT2D eigenvalue weighted by Gasteiger charge is -2.04. The van der Waals surface area contributed by atoms with Gasteiger partial charge in [-0.25, -0.2) is 4.98 Å². The maximum Gasteiger partial charge on any atom is 0.251 e. The third-order valence-electron chi connectivity index (χ3n) is 2.09. The van der Waals surface area contributed by atoms with Gasteiger partial charge in [0.1, 0.15) is 5.82 Å². The normalized spacial score (nSPS) is 9.94. The highest BCUT2D eigenvalue weighted by Gasteiger charge is 2.07. The van der Waals surface area contributed by atoms with Crippen LogP contribution in [0.1, 0.15) is 16.2 Å². The van der Waals surface area contributed by atoms with Crippen LogP contribution in [0.2, 0.25) is 0 Å². The molecule has 7 nitrogen and oxygen atoms in total. The van der Waals surface area contributed by atoms with Gasteiger partial charge in [0.05, 0.1) is 6.54 Å². The van der Waals surface area contributed by atoms with Crippen molar-refractivity contribution in [3.05, 3.63) is 36.1 Å². The van der Waals surface area contributed by atoms with E-state index in [2.05, 4.69) is 30.3 Å². The molecule has 7 heteroatoms. The number of carbonyl (C=O) groups excluding carboxylic acids is 1. The molecule has 0 aliphatic heterocycles. The number of hydrogen-bond donors (Lipinski definition) is 2. The van der Waals surface area contributed by atoms with Crippen molar-refractivity contribution >= 4 is 11.7 Å². The Morgan fingerprint density at radius 2 is 2.35 bits per heavy atom. The molecule has 0 atom stereocenters. The molecular formula is C10H11N5O2. The maximum atomic E-state index is 11.8. The lowest BCUT2D eigenvalue weighted by Crippen LogP contribution is -2.23. The van der Waals surface area contributed by atoms with E-state index in [9.17, 15) is 4.79 Å². The second kappa shape index (κ2) is 5.06. The lowest BCUT2D eigenvalue weighted by molar-refractivity contribution is 0.0949. The number of amides is 1. The molecular weight excluding hydrogens is 222 g/mol. The van der Waals surface area contributed by atoms with Gasteiger partial charge in [-0.2, -0.15) is 4.98 Å². The van der Waals surface area contributed by atoms with E-state index >= 15 is 0 Å². The average Bonchev–Trinajstić information content (AvgIpc) is 2.89. The van der Waals surface area contributed by atoms with E-state index in [0.717, 1.165) is 0 Å². The summed E-state index contributed by atoms with van der Waals surface area (Å²) in [4.78, 5) is 19.6. The molecule has 0 aliphatic rings. The first kappa shape index (κ1) is 11.1. The molecule has 88 valence electrons. The molecule has 0 spiro atoms. The zero-order chi connectivity index (χ0) is 12.1. The molecule has 0 radical (unpaired) electrons. The van der Waals surface area contributed by atoms with E-state index in [4.69, 9.17) is 0 Å². The largest absolute Gasteiger partial charge is 0.373 e. The average molecular weight is 233 g/mol. The predicted molar refractivity (Wildman–Crippen MR) is 59.3 cm³/mol. The Hall–Kier alpha value is -2.44. The number of pyridine rings is 1. The van der Waals surface area contributed by atoms with E-state index < -0.39 is 0 Å². The Morgan fingerprint density at radius 1 is 1.47 bits per heavy atom. The van der Waals surface area contributed by atoms with Gasteiger partial charge in [0.15, 0.2) is 5.82 Å². The molecule has 0 bridgehead atoms. The summed E-state index contributed by atoms with van der Waals surface area (Å²) in [6, 6.07) is 3.29. The van der Waals surface area contributed by atoms with E-state index in [-0.39, 0.29) is 12.5 Å². The molecule has 0 unspecified atom stereocenters. The molecule has 2 N–H and O–H groups in total. The molecule has 0 aromatic carbocycles. The number of carbonyl (C=O) groups is 1. The molecule has 0 saturated heterocycles. The van der Waals surface area contributed by atoms with Gasteiger partial charge in [-0.15, -0.1) is 0 Å². The van der Waals surface area contributed by atoms with Crippen molar-refractivity contribution in [3.8, 4) is 0 Å². The highest BCUT2D eigenvalue weighted by Crippen LogP contribution is 2.05. The number of anilines is 1. The highest BCUT2D eigenvalue weighted by atomic mass is 16.5. The number of hydrogen-bond acceptors (Lipinski definition) is 6. The molecule has 1 amide bonds. The fourth-order valence-electron chi connectivity index (χ4n) is 1.24. The summed E-state index contributed by atoms with van der Waals surface area (Å²) >= 11 is 0. The van der Waals surface area contributed by atoms with Crippen molar-refractivity contribution in [2.45, 2.75) is 6.54 Å². The molecule has 2 aromatic heterocycles. The van der Waals surface area contributed by atoms with Crippen LogP contribution in [0.5, 0.6) is 0 Å². The zero-order valence-corrected chi connectivity index (χ0v) is 9.17. The van der Waals surface area contributed by atoms with E-state index in [1.165, 1.54) is 6.39 Å². The van der Waals surface area contributed by atoms with Crippen LogP contribution in [0.4, 0.5) is 5.82 Å². The van der Waals surface area contributed by atoms with Gasteiger partial charge >= 0.3 is 0 Å². The Morgan fingerprint density at radius 3 is 3.06 bits per heavy atom. The number of nitrogens with one attached hydrogen (secondary N) is 2. The summed E-state index contributed by atoms with van der Waals surface area (Å²) in [5.74, 6) is 0.854. The maximum absolute atomic E-state index is 11.8. The second-order valence-corrected chi connectivity index (χ2v) is 3.21. The summed E-state index contributed by atoms with van der Waals surface area (Å²) in [6.45, 7) is 0.229. The molecule has 17 heavy (non-hydrogen) atoms. The summed E-state index contributed by atoms with van der Waals surface area (Å²) in [7, 11) is 1.74. The summed E-state index contributed by atoms with van der Waals surface area (Å²) < 4.78 is 4.56. The minimum absolute atomic E-state index is 0.214. The van der Waals surface area contributed by atoms with E-state index in [1.807, 2.05) is 0 Å².